The molecule has 0 atom stereocenters. The fourth-order valence-corrected chi connectivity index (χ4v) is 8.01. The van der Waals surface area contributed by atoms with Crippen LogP contribution in [0.1, 0.15) is 0 Å². The smallest absolute Gasteiger partial charge is 0.143 e. The summed E-state index contributed by atoms with van der Waals surface area (Å²) in [6, 6.07) is 62.7. The zero-order valence-electron chi connectivity index (χ0n) is 27.5. The normalized spacial score (nSPS) is 11.9. The van der Waals surface area contributed by atoms with Crippen LogP contribution >= 0.6 is 0 Å². The number of hydrogen-bond acceptors (Lipinski definition) is 3. The van der Waals surface area contributed by atoms with Gasteiger partial charge in [-0.1, -0.05) is 115 Å². The Morgan fingerprint density at radius 1 is 0.353 bits per heavy atom. The van der Waals surface area contributed by atoms with E-state index < -0.39 is 0 Å². The molecule has 0 saturated heterocycles. The molecule has 0 bridgehead atoms. The van der Waals surface area contributed by atoms with E-state index in [1.807, 2.05) is 12.1 Å². The van der Waals surface area contributed by atoms with E-state index in [0.29, 0.717) is 0 Å². The van der Waals surface area contributed by atoms with E-state index in [9.17, 15) is 0 Å². The second kappa shape index (κ2) is 10.8. The highest BCUT2D eigenvalue weighted by atomic mass is 16.3. The Morgan fingerprint density at radius 2 is 0.961 bits per heavy atom. The average Bonchev–Trinajstić information content (AvgIpc) is 3.76. The van der Waals surface area contributed by atoms with Crippen molar-refractivity contribution in [2.75, 3.05) is 4.90 Å². The molecule has 0 aliphatic rings. The molecular weight excluding hydrogens is 623 g/mol. The second-order valence-electron chi connectivity index (χ2n) is 13.3. The van der Waals surface area contributed by atoms with Crippen LogP contribution in [0, 0.1) is 0 Å². The quantitative estimate of drug-likeness (QED) is 0.190. The van der Waals surface area contributed by atoms with Crippen LogP contribution in [0.25, 0.3) is 87.3 Å². The molecule has 51 heavy (non-hydrogen) atoms. The van der Waals surface area contributed by atoms with Gasteiger partial charge in [0.1, 0.15) is 22.3 Å². The molecule has 0 spiro atoms. The maximum Gasteiger partial charge on any atom is 0.143 e. The molecule has 11 aromatic rings. The first-order chi connectivity index (χ1) is 25.3. The lowest BCUT2D eigenvalue weighted by atomic mass is 9.94. The first kappa shape index (κ1) is 28.0. The van der Waals surface area contributed by atoms with E-state index in [1.165, 1.54) is 21.5 Å². The van der Waals surface area contributed by atoms with Crippen molar-refractivity contribution < 1.29 is 8.83 Å². The molecule has 0 unspecified atom stereocenters. The van der Waals surface area contributed by atoms with E-state index in [2.05, 4.69) is 169 Å². The minimum atomic E-state index is 0.854. The van der Waals surface area contributed by atoms with Gasteiger partial charge >= 0.3 is 0 Å². The Hall–Kier alpha value is -6.84. The molecule has 0 N–H and O–H groups in total. The van der Waals surface area contributed by atoms with Crippen LogP contribution in [0.15, 0.2) is 185 Å². The summed E-state index contributed by atoms with van der Waals surface area (Å²) in [6.45, 7) is 0. The third-order valence-electron chi connectivity index (χ3n) is 10.4. The van der Waals surface area contributed by atoms with Gasteiger partial charge in [0.05, 0.1) is 11.1 Å². The molecule has 238 valence electrons. The topological polar surface area (TPSA) is 29.5 Å². The first-order valence-electron chi connectivity index (χ1n) is 17.3. The SMILES string of the molecule is c1ccc2cc(N(c3ccc4ccccc4c3)c3cccc4oc5c6ccccc6c(-c6ccc7oc8ccccc8c7c6)cc5c34)ccc2c1. The van der Waals surface area contributed by atoms with Crippen molar-refractivity contribution in [3.8, 4) is 11.1 Å². The van der Waals surface area contributed by atoms with Crippen LogP contribution in [-0.4, -0.2) is 0 Å². The van der Waals surface area contributed by atoms with Crippen molar-refractivity contribution in [1.82, 2.24) is 0 Å². The maximum absolute atomic E-state index is 6.83. The number of furan rings is 2. The molecule has 3 nitrogen and oxygen atoms in total. The number of rotatable bonds is 4. The van der Waals surface area contributed by atoms with Gasteiger partial charge in [-0.2, -0.15) is 0 Å². The molecule has 0 radical (unpaired) electrons. The van der Waals surface area contributed by atoms with Crippen LogP contribution in [0.2, 0.25) is 0 Å². The molecule has 0 aliphatic carbocycles. The van der Waals surface area contributed by atoms with Crippen LogP contribution in [-0.2, 0) is 0 Å². The Labute approximate surface area is 293 Å². The molecular formula is C48H29NO2. The lowest BCUT2D eigenvalue weighted by molar-refractivity contribution is 0.669. The van der Waals surface area contributed by atoms with Gasteiger partial charge in [0.25, 0.3) is 0 Å². The number of para-hydroxylation sites is 1. The van der Waals surface area contributed by atoms with Gasteiger partial charge < -0.3 is 13.7 Å². The molecule has 9 aromatic carbocycles. The third-order valence-corrected chi connectivity index (χ3v) is 10.4. The highest BCUT2D eigenvalue weighted by molar-refractivity contribution is 6.23. The summed E-state index contributed by atoms with van der Waals surface area (Å²) in [5.41, 5.74) is 9.07. The number of fused-ring (bicyclic) bond motifs is 10. The van der Waals surface area contributed by atoms with Crippen molar-refractivity contribution in [2.45, 2.75) is 0 Å². The van der Waals surface area contributed by atoms with Crippen LogP contribution in [0.4, 0.5) is 17.1 Å². The summed E-state index contributed by atoms with van der Waals surface area (Å²) in [5, 5.41) is 11.5. The van der Waals surface area contributed by atoms with Gasteiger partial charge in [-0.05, 0) is 98.7 Å². The Bertz CT molecular complexity index is 3090. The number of hydrogen-bond donors (Lipinski definition) is 0. The van der Waals surface area contributed by atoms with Crippen molar-refractivity contribution in [2.24, 2.45) is 0 Å². The minimum Gasteiger partial charge on any atom is -0.456 e. The van der Waals surface area contributed by atoms with Crippen LogP contribution in [0.5, 0.6) is 0 Å². The largest absolute Gasteiger partial charge is 0.456 e. The number of anilines is 3. The maximum atomic E-state index is 6.83. The zero-order valence-corrected chi connectivity index (χ0v) is 27.5. The fourth-order valence-electron chi connectivity index (χ4n) is 8.01. The van der Waals surface area contributed by atoms with Crippen molar-refractivity contribution in [3.05, 3.63) is 176 Å². The fraction of sp³-hybridized carbons (Fsp3) is 0. The highest BCUT2D eigenvalue weighted by Gasteiger charge is 2.22. The first-order valence-corrected chi connectivity index (χ1v) is 17.3. The Balaban J connectivity index is 1.21. The zero-order chi connectivity index (χ0) is 33.5. The summed E-state index contributed by atoms with van der Waals surface area (Å²) in [4.78, 5) is 2.38. The van der Waals surface area contributed by atoms with Gasteiger partial charge in [0.15, 0.2) is 0 Å². The number of benzene rings is 9. The van der Waals surface area contributed by atoms with E-state index in [0.717, 1.165) is 82.8 Å². The predicted molar refractivity (Wildman–Crippen MR) is 214 cm³/mol. The summed E-state index contributed by atoms with van der Waals surface area (Å²) in [7, 11) is 0. The number of nitrogens with zero attached hydrogens (tertiary/aromatic N) is 1. The Kier molecular flexibility index (Phi) is 5.96. The lowest BCUT2D eigenvalue weighted by Gasteiger charge is -2.27. The average molecular weight is 652 g/mol. The van der Waals surface area contributed by atoms with Gasteiger partial charge in [0.2, 0.25) is 0 Å². The molecule has 2 heterocycles. The van der Waals surface area contributed by atoms with Gasteiger partial charge in [-0.3, -0.25) is 0 Å². The lowest BCUT2D eigenvalue weighted by Crippen LogP contribution is -2.10. The van der Waals surface area contributed by atoms with Crippen molar-refractivity contribution in [3.63, 3.8) is 0 Å². The monoisotopic (exact) mass is 651 g/mol. The molecule has 2 aromatic heterocycles. The molecule has 0 amide bonds. The van der Waals surface area contributed by atoms with Crippen LogP contribution in [0.3, 0.4) is 0 Å². The van der Waals surface area contributed by atoms with Crippen LogP contribution < -0.4 is 4.90 Å². The van der Waals surface area contributed by atoms with Gasteiger partial charge in [-0.25, -0.2) is 0 Å². The van der Waals surface area contributed by atoms with Crippen molar-refractivity contribution >= 4 is 93.3 Å². The minimum absolute atomic E-state index is 0.854. The summed E-state index contributed by atoms with van der Waals surface area (Å²) in [6.07, 6.45) is 0. The molecule has 0 aliphatic heterocycles. The van der Waals surface area contributed by atoms with E-state index >= 15 is 0 Å². The van der Waals surface area contributed by atoms with Crippen molar-refractivity contribution in [1.29, 1.82) is 0 Å². The Morgan fingerprint density at radius 3 is 1.71 bits per heavy atom. The standard InChI is InChI=1S/C48H29NO2/c1-3-12-32-26-35(23-20-30(32)10-1)49(36-24-21-31-11-2-4-13-33(31)27-36)43-17-9-19-46-47(43)42-29-40(37-14-5-6-16-39(37)48(42)51-46)34-22-25-45-41(28-34)38-15-7-8-18-44(38)50-45/h1-29H. The van der Waals surface area contributed by atoms with E-state index in [1.54, 1.807) is 0 Å². The second-order valence-corrected chi connectivity index (χ2v) is 13.3. The summed E-state index contributed by atoms with van der Waals surface area (Å²) >= 11 is 0. The van der Waals surface area contributed by atoms with Gasteiger partial charge in [-0.15, -0.1) is 0 Å². The molecule has 3 heteroatoms. The van der Waals surface area contributed by atoms with E-state index in [4.69, 9.17) is 8.83 Å². The molecule has 0 fully saturated rings. The summed E-state index contributed by atoms with van der Waals surface area (Å²) < 4.78 is 13.0. The highest BCUT2D eigenvalue weighted by Crippen LogP contribution is 2.47. The van der Waals surface area contributed by atoms with Gasteiger partial charge in [0, 0.05) is 32.9 Å². The van der Waals surface area contributed by atoms with E-state index in [-0.39, 0.29) is 0 Å². The molecule has 11 rings (SSSR count). The third kappa shape index (κ3) is 4.32. The molecule has 0 saturated carbocycles. The summed E-state index contributed by atoms with van der Waals surface area (Å²) in [5.74, 6) is 0. The predicted octanol–water partition coefficient (Wildman–Crippen LogP) is 14.1.